The molecule has 0 amide bonds. The normalized spacial score (nSPS) is 24.0. The molecule has 2 heterocycles. The number of ether oxygens (including phenoxy) is 3. The quantitative estimate of drug-likeness (QED) is 0.890. The van der Waals surface area contributed by atoms with Gasteiger partial charge < -0.3 is 24.4 Å². The molecule has 0 unspecified atom stereocenters. The molecule has 132 valence electrons. The van der Waals surface area contributed by atoms with E-state index in [4.69, 9.17) is 14.2 Å². The summed E-state index contributed by atoms with van der Waals surface area (Å²) in [5.74, 6) is 1.96. The summed E-state index contributed by atoms with van der Waals surface area (Å²) in [5, 5.41) is 19.9. The van der Waals surface area contributed by atoms with Crippen LogP contribution in [0.15, 0.2) is 30.3 Å². The number of aromatic hydroxyl groups is 2. The third kappa shape index (κ3) is 2.68. The van der Waals surface area contributed by atoms with Crippen LogP contribution in [-0.4, -0.2) is 31.0 Å². The van der Waals surface area contributed by atoms with E-state index >= 15 is 0 Å². The Labute approximate surface area is 146 Å². The van der Waals surface area contributed by atoms with Gasteiger partial charge in [-0.15, -0.1) is 0 Å². The maximum absolute atomic E-state index is 10.1. The molecule has 3 atom stereocenters. The van der Waals surface area contributed by atoms with Crippen molar-refractivity contribution in [3.05, 3.63) is 47.0 Å². The monoisotopic (exact) mass is 342 g/mol. The molecule has 1 aliphatic carbocycles. The van der Waals surface area contributed by atoms with Crippen LogP contribution in [0.25, 0.3) is 0 Å². The lowest BCUT2D eigenvalue weighted by atomic mass is 9.71. The molecule has 1 fully saturated rings. The Bertz CT molecular complexity index is 801. The Morgan fingerprint density at radius 2 is 1.76 bits per heavy atom. The van der Waals surface area contributed by atoms with E-state index < -0.39 is 0 Å². The molecule has 25 heavy (non-hydrogen) atoms. The van der Waals surface area contributed by atoms with Crippen molar-refractivity contribution in [2.24, 2.45) is 5.92 Å². The van der Waals surface area contributed by atoms with Crippen molar-refractivity contribution in [2.75, 3.05) is 20.8 Å². The van der Waals surface area contributed by atoms with Gasteiger partial charge in [0.05, 0.1) is 26.9 Å². The van der Waals surface area contributed by atoms with E-state index in [2.05, 4.69) is 0 Å². The van der Waals surface area contributed by atoms with E-state index in [9.17, 15) is 10.2 Å². The van der Waals surface area contributed by atoms with Crippen LogP contribution in [0, 0.1) is 5.92 Å². The summed E-state index contributed by atoms with van der Waals surface area (Å²) < 4.78 is 16.5. The predicted octanol–water partition coefficient (Wildman–Crippen LogP) is 3.53. The zero-order valence-corrected chi connectivity index (χ0v) is 14.4. The number of fused-ring (bicyclic) bond motifs is 2. The Hall–Kier alpha value is -2.40. The van der Waals surface area contributed by atoms with Crippen molar-refractivity contribution in [1.82, 2.24) is 0 Å². The number of phenolic OH excluding ortho intramolecular Hbond substituents is 2. The first-order valence-corrected chi connectivity index (χ1v) is 8.49. The minimum atomic E-state index is -0.0309. The number of rotatable bonds is 4. The molecule has 5 rings (SSSR count). The van der Waals surface area contributed by atoms with Crippen LogP contribution in [0.3, 0.4) is 0 Å². The molecule has 2 aliphatic heterocycles. The first-order valence-electron chi connectivity index (χ1n) is 8.49. The highest BCUT2D eigenvalue weighted by molar-refractivity contribution is 5.51. The highest BCUT2D eigenvalue weighted by atomic mass is 16.5. The van der Waals surface area contributed by atoms with Crippen LogP contribution in [0.5, 0.6) is 23.0 Å². The molecule has 0 spiro atoms. The van der Waals surface area contributed by atoms with Gasteiger partial charge in [0.2, 0.25) is 0 Å². The van der Waals surface area contributed by atoms with E-state index in [1.54, 1.807) is 26.4 Å². The van der Waals surface area contributed by atoms with Gasteiger partial charge in [-0.3, -0.25) is 0 Å². The van der Waals surface area contributed by atoms with Gasteiger partial charge in [-0.25, -0.2) is 0 Å². The van der Waals surface area contributed by atoms with Crippen molar-refractivity contribution in [3.63, 3.8) is 0 Å². The van der Waals surface area contributed by atoms with Crippen molar-refractivity contribution in [3.8, 4) is 23.0 Å². The van der Waals surface area contributed by atoms with Crippen LogP contribution in [-0.2, 0) is 11.2 Å². The third-order valence-corrected chi connectivity index (χ3v) is 5.37. The van der Waals surface area contributed by atoms with E-state index in [1.165, 1.54) is 5.56 Å². The Morgan fingerprint density at radius 3 is 2.52 bits per heavy atom. The van der Waals surface area contributed by atoms with E-state index in [-0.39, 0.29) is 17.6 Å². The summed E-state index contributed by atoms with van der Waals surface area (Å²) in [4.78, 5) is 0. The fourth-order valence-electron chi connectivity index (χ4n) is 4.18. The first kappa shape index (κ1) is 16.1. The standard InChI is InChI=1S/C20H22O5/c1-23-18-6-11(3-4-16(18)21)5-12-7-13-10-25-20(12)15-8-17(22)19(24-2)9-14(13)15/h3-4,6,8-9,12-13,20-22H,5,7,10H2,1-2H3/t12-,13-,20-/m0/s1. The second kappa shape index (κ2) is 6.15. The molecule has 2 bridgehead atoms. The fraction of sp³-hybridized carbons (Fsp3) is 0.400. The summed E-state index contributed by atoms with van der Waals surface area (Å²) in [5.41, 5.74) is 3.40. The SMILES string of the molecule is COc1cc(C[C@H]2C[C@H]3CO[C@@H]2c2cc(O)c(OC)cc23)ccc1O. The summed E-state index contributed by atoms with van der Waals surface area (Å²) in [6.45, 7) is 0.709. The molecule has 0 saturated carbocycles. The first-order chi connectivity index (χ1) is 12.1. The van der Waals surface area contributed by atoms with Gasteiger partial charge in [0.1, 0.15) is 0 Å². The molecule has 3 aliphatic rings. The predicted molar refractivity (Wildman–Crippen MR) is 92.6 cm³/mol. The second-order valence-corrected chi connectivity index (χ2v) is 6.81. The largest absolute Gasteiger partial charge is 0.504 e. The smallest absolute Gasteiger partial charge is 0.160 e. The van der Waals surface area contributed by atoms with E-state index in [0.29, 0.717) is 29.9 Å². The summed E-state index contributed by atoms with van der Waals surface area (Å²) in [6, 6.07) is 9.20. The molecule has 2 aromatic carbocycles. The molecular formula is C20H22O5. The lowest BCUT2D eigenvalue weighted by Gasteiger charge is -2.44. The Kier molecular flexibility index (Phi) is 3.96. The number of hydrogen-bond donors (Lipinski definition) is 2. The number of hydrogen-bond acceptors (Lipinski definition) is 5. The minimum absolute atomic E-state index is 0.0309. The van der Waals surface area contributed by atoms with E-state index in [1.807, 2.05) is 18.2 Å². The van der Waals surface area contributed by atoms with Gasteiger partial charge in [0, 0.05) is 5.92 Å². The number of benzene rings is 2. The molecule has 2 aromatic rings. The minimum Gasteiger partial charge on any atom is -0.504 e. The topological polar surface area (TPSA) is 68.2 Å². The molecule has 2 N–H and O–H groups in total. The molecule has 1 saturated heterocycles. The van der Waals surface area contributed by atoms with Crippen LogP contribution >= 0.6 is 0 Å². The lowest BCUT2D eigenvalue weighted by Crippen LogP contribution is -2.35. The second-order valence-electron chi connectivity index (χ2n) is 6.81. The molecule has 5 nitrogen and oxygen atoms in total. The zero-order chi connectivity index (χ0) is 17.6. The third-order valence-electron chi connectivity index (χ3n) is 5.37. The molecule has 0 aromatic heterocycles. The van der Waals surface area contributed by atoms with Crippen molar-refractivity contribution in [2.45, 2.75) is 24.9 Å². The van der Waals surface area contributed by atoms with Gasteiger partial charge in [-0.05, 0) is 59.7 Å². The van der Waals surface area contributed by atoms with Gasteiger partial charge in [-0.2, -0.15) is 0 Å². The van der Waals surface area contributed by atoms with Crippen LogP contribution in [0.2, 0.25) is 0 Å². The van der Waals surface area contributed by atoms with Crippen LogP contribution < -0.4 is 9.47 Å². The van der Waals surface area contributed by atoms with Crippen molar-refractivity contribution < 1.29 is 24.4 Å². The number of phenols is 2. The highest BCUT2D eigenvalue weighted by Gasteiger charge is 2.41. The maximum Gasteiger partial charge on any atom is 0.160 e. The van der Waals surface area contributed by atoms with Gasteiger partial charge >= 0.3 is 0 Å². The van der Waals surface area contributed by atoms with Crippen molar-refractivity contribution >= 4 is 0 Å². The summed E-state index contributed by atoms with van der Waals surface area (Å²) in [6.07, 6.45) is 1.84. The summed E-state index contributed by atoms with van der Waals surface area (Å²) >= 11 is 0. The molecule has 0 radical (unpaired) electrons. The van der Waals surface area contributed by atoms with Gasteiger partial charge in [0.15, 0.2) is 23.0 Å². The van der Waals surface area contributed by atoms with Crippen molar-refractivity contribution in [1.29, 1.82) is 0 Å². The van der Waals surface area contributed by atoms with E-state index in [0.717, 1.165) is 24.0 Å². The fourth-order valence-corrected chi connectivity index (χ4v) is 4.18. The summed E-state index contributed by atoms with van der Waals surface area (Å²) in [7, 11) is 3.12. The Morgan fingerprint density at radius 1 is 1.00 bits per heavy atom. The number of methoxy groups -OCH3 is 2. The lowest BCUT2D eigenvalue weighted by molar-refractivity contribution is -0.0562. The maximum atomic E-state index is 10.1. The highest BCUT2D eigenvalue weighted by Crippen LogP contribution is 2.52. The average molecular weight is 342 g/mol. The average Bonchev–Trinajstić information content (AvgIpc) is 2.63. The van der Waals surface area contributed by atoms with Crippen LogP contribution in [0.4, 0.5) is 0 Å². The molecule has 5 heteroatoms. The van der Waals surface area contributed by atoms with Gasteiger partial charge in [0.25, 0.3) is 0 Å². The zero-order valence-electron chi connectivity index (χ0n) is 14.4. The Balaban J connectivity index is 1.63. The van der Waals surface area contributed by atoms with Gasteiger partial charge in [-0.1, -0.05) is 6.07 Å². The molecular weight excluding hydrogens is 320 g/mol. The van der Waals surface area contributed by atoms with Crippen LogP contribution in [0.1, 0.15) is 35.1 Å².